The predicted octanol–water partition coefficient (Wildman–Crippen LogP) is 2.78. The minimum atomic E-state index is -0.732. The van der Waals surface area contributed by atoms with Crippen LogP contribution >= 0.6 is 0 Å². The second-order valence-corrected chi connectivity index (χ2v) is 8.76. The lowest BCUT2D eigenvalue weighted by Crippen LogP contribution is -2.55. The maximum absolute atomic E-state index is 14.3. The van der Waals surface area contributed by atoms with Gasteiger partial charge in [-0.2, -0.15) is 0 Å². The predicted molar refractivity (Wildman–Crippen MR) is 118 cm³/mol. The Kier molecular flexibility index (Phi) is 8.03. The zero-order chi connectivity index (χ0) is 23.2. The van der Waals surface area contributed by atoms with Crippen molar-refractivity contribution in [2.45, 2.75) is 56.7 Å². The van der Waals surface area contributed by atoms with Crippen LogP contribution < -0.4 is 5.32 Å². The number of β-amino-alcohol motifs (C(OH)–C–C–N with tert-alkyl or cyclic N) is 1. The molecule has 178 valence electrons. The smallest absolute Gasteiger partial charge is 0.222 e. The molecule has 2 heterocycles. The molecule has 6 nitrogen and oxygen atoms in total. The van der Waals surface area contributed by atoms with E-state index in [1.807, 2.05) is 35.2 Å². The summed E-state index contributed by atoms with van der Waals surface area (Å²) in [6.07, 6.45) is 0.297. The molecule has 0 aromatic heterocycles. The zero-order valence-electron chi connectivity index (χ0n) is 18.5. The van der Waals surface area contributed by atoms with E-state index >= 15 is 0 Å². The van der Waals surface area contributed by atoms with Crippen molar-refractivity contribution in [3.05, 3.63) is 71.3 Å². The van der Waals surface area contributed by atoms with E-state index in [0.717, 1.165) is 17.7 Å². The Balaban J connectivity index is 1.37. The number of ether oxygens (including phenoxy) is 2. The van der Waals surface area contributed by atoms with Gasteiger partial charge in [0.2, 0.25) is 5.91 Å². The van der Waals surface area contributed by atoms with Gasteiger partial charge in [0.1, 0.15) is 11.6 Å². The molecule has 2 N–H and O–H groups in total. The van der Waals surface area contributed by atoms with Crippen molar-refractivity contribution in [3.63, 3.8) is 0 Å². The number of carbonyl (C=O) groups excluding carboxylic acids is 1. The van der Waals surface area contributed by atoms with Crippen molar-refractivity contribution in [2.24, 2.45) is 0 Å². The van der Waals surface area contributed by atoms with Gasteiger partial charge in [-0.1, -0.05) is 30.3 Å². The molecule has 4 atom stereocenters. The third-order valence-electron chi connectivity index (χ3n) is 6.21. The number of nitrogens with one attached hydrogen (secondary N) is 1. The van der Waals surface area contributed by atoms with Gasteiger partial charge in [0.05, 0.1) is 37.9 Å². The number of aliphatic hydroxyl groups excluding tert-OH is 1. The number of amides is 1. The molecule has 0 bridgehead atoms. The van der Waals surface area contributed by atoms with E-state index in [4.69, 9.17) is 9.47 Å². The maximum Gasteiger partial charge on any atom is 0.222 e. The molecule has 0 radical (unpaired) electrons. The molecule has 8 heteroatoms. The molecule has 2 saturated heterocycles. The maximum atomic E-state index is 14.3. The highest BCUT2D eigenvalue weighted by Crippen LogP contribution is 2.29. The minimum absolute atomic E-state index is 0.0804. The standard InChI is InChI=1S/C25H30F2N2O4/c26-19-6-8-22(27)18(10-19)13-29-14-20(30)15-32-16-24-23(29)9-7-21(33-24)11-25(31)28-12-17-4-2-1-3-5-17/h1-6,8,10,20-21,23-24,30H,7,9,11-16H2,(H,28,31)/t20-,21-,23+,24-/m0/s1. The molecule has 0 spiro atoms. The Hall–Kier alpha value is -2.39. The fourth-order valence-corrected chi connectivity index (χ4v) is 4.59. The molecule has 2 aromatic rings. The number of nitrogens with zero attached hydrogens (tertiary/aromatic N) is 1. The highest BCUT2D eigenvalue weighted by Gasteiger charge is 2.38. The second-order valence-electron chi connectivity index (χ2n) is 8.76. The van der Waals surface area contributed by atoms with Crippen LogP contribution in [0.5, 0.6) is 0 Å². The SMILES string of the molecule is O=C(C[C@@H]1CC[C@@H]2[C@H](COC[C@@H](O)CN2Cc2cc(F)ccc2F)O1)NCc1ccccc1. The molecule has 2 aromatic carbocycles. The average Bonchev–Trinajstić information content (AvgIpc) is 2.79. The lowest BCUT2D eigenvalue weighted by atomic mass is 9.94. The average molecular weight is 461 g/mol. The molecule has 2 aliphatic heterocycles. The fraction of sp³-hybridized carbons (Fsp3) is 0.480. The zero-order valence-corrected chi connectivity index (χ0v) is 18.5. The summed E-state index contributed by atoms with van der Waals surface area (Å²) in [5.41, 5.74) is 1.27. The van der Waals surface area contributed by atoms with Gasteiger partial charge in [0, 0.05) is 31.2 Å². The van der Waals surface area contributed by atoms with Crippen LogP contribution in [0.4, 0.5) is 8.78 Å². The summed E-state index contributed by atoms with van der Waals surface area (Å²) in [4.78, 5) is 14.4. The Labute approximate surface area is 192 Å². The number of fused-ring (bicyclic) bond motifs is 1. The van der Waals surface area contributed by atoms with E-state index in [-0.39, 0.29) is 62.4 Å². The van der Waals surface area contributed by atoms with Gasteiger partial charge in [0.25, 0.3) is 0 Å². The van der Waals surface area contributed by atoms with Gasteiger partial charge < -0.3 is 19.9 Å². The molecule has 1 amide bonds. The summed E-state index contributed by atoms with van der Waals surface area (Å²) in [6.45, 7) is 1.30. The van der Waals surface area contributed by atoms with Crippen molar-refractivity contribution in [1.29, 1.82) is 0 Å². The van der Waals surface area contributed by atoms with Crippen LogP contribution in [-0.4, -0.2) is 60.0 Å². The summed E-state index contributed by atoms with van der Waals surface area (Å²) in [5, 5.41) is 13.2. The largest absolute Gasteiger partial charge is 0.389 e. The molecule has 2 fully saturated rings. The van der Waals surface area contributed by atoms with Crippen LogP contribution in [0.2, 0.25) is 0 Å². The van der Waals surface area contributed by atoms with Crippen LogP contribution in [0.3, 0.4) is 0 Å². The summed E-state index contributed by atoms with van der Waals surface area (Å²) < 4.78 is 39.8. The van der Waals surface area contributed by atoms with Gasteiger partial charge in [-0.3, -0.25) is 9.69 Å². The Morgan fingerprint density at radius 2 is 1.94 bits per heavy atom. The van der Waals surface area contributed by atoms with Crippen LogP contribution in [0.15, 0.2) is 48.5 Å². The first kappa shape index (κ1) is 23.8. The van der Waals surface area contributed by atoms with Crippen molar-refractivity contribution in [2.75, 3.05) is 19.8 Å². The first-order valence-corrected chi connectivity index (χ1v) is 11.4. The van der Waals surface area contributed by atoms with Crippen molar-refractivity contribution in [3.8, 4) is 0 Å². The van der Waals surface area contributed by atoms with E-state index in [1.165, 1.54) is 6.07 Å². The van der Waals surface area contributed by atoms with E-state index in [2.05, 4.69) is 5.32 Å². The highest BCUT2D eigenvalue weighted by atomic mass is 19.1. The molecule has 4 rings (SSSR count). The van der Waals surface area contributed by atoms with Crippen LogP contribution in [0.25, 0.3) is 0 Å². The molecule has 2 aliphatic rings. The highest BCUT2D eigenvalue weighted by molar-refractivity contribution is 5.76. The summed E-state index contributed by atoms with van der Waals surface area (Å²) in [7, 11) is 0. The van der Waals surface area contributed by atoms with E-state index < -0.39 is 17.7 Å². The van der Waals surface area contributed by atoms with Gasteiger partial charge in [-0.25, -0.2) is 8.78 Å². The molecule has 0 saturated carbocycles. The second kappa shape index (κ2) is 11.2. The monoisotopic (exact) mass is 460 g/mol. The number of aliphatic hydroxyl groups is 1. The number of rotatable bonds is 6. The topological polar surface area (TPSA) is 71.0 Å². The van der Waals surface area contributed by atoms with Gasteiger partial charge in [0.15, 0.2) is 0 Å². The van der Waals surface area contributed by atoms with Crippen LogP contribution in [-0.2, 0) is 27.4 Å². The fourth-order valence-electron chi connectivity index (χ4n) is 4.59. The molecule has 33 heavy (non-hydrogen) atoms. The van der Waals surface area contributed by atoms with Gasteiger partial charge in [-0.15, -0.1) is 0 Å². The van der Waals surface area contributed by atoms with Crippen molar-refractivity contribution in [1.82, 2.24) is 10.2 Å². The van der Waals surface area contributed by atoms with Gasteiger partial charge in [-0.05, 0) is 36.6 Å². The van der Waals surface area contributed by atoms with E-state index in [0.29, 0.717) is 19.4 Å². The Morgan fingerprint density at radius 3 is 2.76 bits per heavy atom. The summed E-state index contributed by atoms with van der Waals surface area (Å²) in [5.74, 6) is -1.06. The lowest BCUT2D eigenvalue weighted by Gasteiger charge is -2.44. The van der Waals surface area contributed by atoms with Crippen LogP contribution in [0, 0.1) is 11.6 Å². The minimum Gasteiger partial charge on any atom is -0.389 e. The molecule has 0 aliphatic carbocycles. The quantitative estimate of drug-likeness (QED) is 0.694. The Morgan fingerprint density at radius 1 is 1.12 bits per heavy atom. The van der Waals surface area contributed by atoms with E-state index in [1.54, 1.807) is 0 Å². The number of halogens is 2. The number of carbonyl (C=O) groups is 1. The third kappa shape index (κ3) is 6.57. The number of benzene rings is 2. The number of hydrogen-bond acceptors (Lipinski definition) is 5. The van der Waals surface area contributed by atoms with Gasteiger partial charge >= 0.3 is 0 Å². The molecular weight excluding hydrogens is 430 g/mol. The summed E-state index contributed by atoms with van der Waals surface area (Å²) >= 11 is 0. The Bertz CT molecular complexity index is 930. The van der Waals surface area contributed by atoms with Crippen molar-refractivity contribution < 1.29 is 28.2 Å². The molecule has 0 unspecified atom stereocenters. The lowest BCUT2D eigenvalue weighted by molar-refractivity contribution is -0.158. The summed E-state index contributed by atoms with van der Waals surface area (Å²) in [6, 6.07) is 13.0. The van der Waals surface area contributed by atoms with Crippen molar-refractivity contribution >= 4 is 5.91 Å². The first-order chi connectivity index (χ1) is 16.0. The normalized spacial score (nSPS) is 26.2. The van der Waals surface area contributed by atoms with Crippen LogP contribution in [0.1, 0.15) is 30.4 Å². The first-order valence-electron chi connectivity index (χ1n) is 11.4. The number of hydrogen-bond donors (Lipinski definition) is 2. The molecular formula is C25H30F2N2O4. The van der Waals surface area contributed by atoms with E-state index in [9.17, 15) is 18.7 Å². The third-order valence-corrected chi connectivity index (χ3v) is 6.21.